The molecule has 8 nitrogen and oxygen atoms in total. The molecule has 9 heteroatoms. The number of hydrogen-bond acceptors (Lipinski definition) is 6. The number of halogens is 1. The molecular weight excluding hydrogens is 451 g/mol. The van der Waals surface area contributed by atoms with Gasteiger partial charge in [-0.2, -0.15) is 0 Å². The number of rotatable bonds is 9. The van der Waals surface area contributed by atoms with Crippen LogP contribution in [-0.4, -0.2) is 40.5 Å². The number of nitrogens with one attached hydrogen (secondary N) is 1. The van der Waals surface area contributed by atoms with Crippen LogP contribution < -0.4 is 19.5 Å². The standard InChI is InChI=1S/C26H31FN4O4/c1-4-33-21-14-17(15-22(34-5-2)24(21)35-6-3)26(32)28-18-11-12-20(27)19(16-18)25-30-29-23-10-8-7-9-13-31(23)25/h11-12,14-16H,4-10,13H2,1-3H3,(H,28,32). The number of aryl methyl sites for hydroxylation is 1. The molecule has 1 aliphatic rings. The molecule has 0 atom stereocenters. The molecule has 1 N–H and O–H groups in total. The lowest BCUT2D eigenvalue weighted by Crippen LogP contribution is -2.14. The summed E-state index contributed by atoms with van der Waals surface area (Å²) in [5.74, 6) is 1.87. The summed E-state index contributed by atoms with van der Waals surface area (Å²) >= 11 is 0. The van der Waals surface area contributed by atoms with Gasteiger partial charge >= 0.3 is 0 Å². The molecule has 1 aliphatic heterocycles. The first-order chi connectivity index (χ1) is 17.0. The van der Waals surface area contributed by atoms with Gasteiger partial charge in [-0.15, -0.1) is 10.2 Å². The van der Waals surface area contributed by atoms with E-state index in [-0.39, 0.29) is 5.91 Å². The van der Waals surface area contributed by atoms with Gasteiger partial charge in [0.1, 0.15) is 11.6 Å². The van der Waals surface area contributed by atoms with Crippen LogP contribution in [0.2, 0.25) is 0 Å². The van der Waals surface area contributed by atoms with Crippen molar-refractivity contribution in [2.75, 3.05) is 25.1 Å². The van der Waals surface area contributed by atoms with E-state index in [1.165, 1.54) is 12.1 Å². The number of anilines is 1. The Morgan fingerprint density at radius 1 is 0.971 bits per heavy atom. The minimum atomic E-state index is -0.416. The number of benzene rings is 2. The lowest BCUT2D eigenvalue weighted by Gasteiger charge is -2.17. The molecule has 35 heavy (non-hydrogen) atoms. The molecule has 0 bridgehead atoms. The molecule has 0 fully saturated rings. The number of ether oxygens (including phenoxy) is 3. The van der Waals surface area contributed by atoms with Crippen LogP contribution in [0, 0.1) is 5.82 Å². The number of aromatic nitrogens is 3. The summed E-state index contributed by atoms with van der Waals surface area (Å²) < 4.78 is 33.9. The highest BCUT2D eigenvalue weighted by Crippen LogP contribution is 2.39. The van der Waals surface area contributed by atoms with Crippen LogP contribution in [-0.2, 0) is 13.0 Å². The van der Waals surface area contributed by atoms with E-state index in [9.17, 15) is 9.18 Å². The van der Waals surface area contributed by atoms with Crippen LogP contribution in [0.1, 0.15) is 56.2 Å². The van der Waals surface area contributed by atoms with Gasteiger partial charge in [0.2, 0.25) is 5.75 Å². The molecule has 0 saturated carbocycles. The van der Waals surface area contributed by atoms with Gasteiger partial charge in [0.25, 0.3) is 5.91 Å². The average molecular weight is 483 g/mol. The zero-order valence-electron chi connectivity index (χ0n) is 20.4. The molecule has 2 heterocycles. The summed E-state index contributed by atoms with van der Waals surface area (Å²) in [6.07, 6.45) is 3.98. The van der Waals surface area contributed by atoms with E-state index < -0.39 is 5.82 Å². The fourth-order valence-corrected chi connectivity index (χ4v) is 4.18. The van der Waals surface area contributed by atoms with Crippen LogP contribution in [0.3, 0.4) is 0 Å². The third-order valence-electron chi connectivity index (χ3n) is 5.75. The number of fused-ring (bicyclic) bond motifs is 1. The summed E-state index contributed by atoms with van der Waals surface area (Å²) in [6, 6.07) is 7.69. The summed E-state index contributed by atoms with van der Waals surface area (Å²) in [4.78, 5) is 13.2. The quantitative estimate of drug-likeness (QED) is 0.448. The van der Waals surface area contributed by atoms with Crippen molar-refractivity contribution in [2.45, 2.75) is 53.0 Å². The number of hydrogen-bond donors (Lipinski definition) is 1. The van der Waals surface area contributed by atoms with Gasteiger partial charge in [0.05, 0.1) is 25.4 Å². The monoisotopic (exact) mass is 482 g/mol. The first kappa shape index (κ1) is 24.5. The Morgan fingerprint density at radius 2 is 1.69 bits per heavy atom. The minimum absolute atomic E-state index is 0.306. The lowest BCUT2D eigenvalue weighted by molar-refractivity contribution is 0.102. The molecule has 0 radical (unpaired) electrons. The number of amides is 1. The second-order valence-electron chi connectivity index (χ2n) is 8.15. The van der Waals surface area contributed by atoms with Crippen molar-refractivity contribution < 1.29 is 23.4 Å². The zero-order chi connectivity index (χ0) is 24.8. The van der Waals surface area contributed by atoms with Crippen molar-refractivity contribution in [1.82, 2.24) is 14.8 Å². The van der Waals surface area contributed by atoms with Gasteiger partial charge in [-0.25, -0.2) is 4.39 Å². The Labute approximate surface area is 204 Å². The molecule has 3 aromatic rings. The summed E-state index contributed by atoms with van der Waals surface area (Å²) in [7, 11) is 0. The van der Waals surface area contributed by atoms with Gasteiger partial charge < -0.3 is 24.1 Å². The molecule has 2 aromatic carbocycles. The van der Waals surface area contributed by atoms with E-state index in [2.05, 4.69) is 15.5 Å². The van der Waals surface area contributed by atoms with E-state index in [1.54, 1.807) is 18.2 Å². The normalized spacial score (nSPS) is 13.0. The van der Waals surface area contributed by atoms with Gasteiger partial charge in [0.15, 0.2) is 17.3 Å². The zero-order valence-corrected chi connectivity index (χ0v) is 20.4. The van der Waals surface area contributed by atoms with Gasteiger partial charge in [-0.1, -0.05) is 6.42 Å². The molecule has 186 valence electrons. The highest BCUT2D eigenvalue weighted by Gasteiger charge is 2.21. The van der Waals surface area contributed by atoms with Crippen LogP contribution in [0.25, 0.3) is 11.4 Å². The summed E-state index contributed by atoms with van der Waals surface area (Å²) in [5, 5.41) is 11.4. The Hall–Kier alpha value is -3.62. The minimum Gasteiger partial charge on any atom is -0.490 e. The Bertz CT molecular complexity index is 1170. The largest absolute Gasteiger partial charge is 0.490 e. The second-order valence-corrected chi connectivity index (χ2v) is 8.15. The molecule has 0 aliphatic carbocycles. The van der Waals surface area contributed by atoms with Crippen molar-refractivity contribution in [2.24, 2.45) is 0 Å². The third kappa shape index (κ3) is 5.39. The Kier molecular flexibility index (Phi) is 7.84. The van der Waals surface area contributed by atoms with Crippen molar-refractivity contribution in [3.8, 4) is 28.6 Å². The van der Waals surface area contributed by atoms with Crippen LogP contribution >= 0.6 is 0 Å². The summed E-state index contributed by atoms with van der Waals surface area (Å²) in [5.41, 5.74) is 1.09. The molecule has 1 amide bonds. The molecular formula is C26H31FN4O4. The number of carbonyl (C=O) groups excluding carboxylic acids is 1. The summed E-state index contributed by atoms with van der Waals surface area (Å²) in [6.45, 7) is 7.56. The first-order valence-electron chi connectivity index (χ1n) is 12.1. The van der Waals surface area contributed by atoms with Crippen molar-refractivity contribution in [3.63, 3.8) is 0 Å². The fraction of sp³-hybridized carbons (Fsp3) is 0.423. The van der Waals surface area contributed by atoms with E-state index in [1.807, 2.05) is 25.3 Å². The molecule has 0 unspecified atom stereocenters. The second kappa shape index (κ2) is 11.2. The maximum absolute atomic E-state index is 14.8. The van der Waals surface area contributed by atoms with E-state index in [0.29, 0.717) is 59.7 Å². The molecule has 4 rings (SSSR count). The number of nitrogens with zero attached hydrogens (tertiary/aromatic N) is 3. The van der Waals surface area contributed by atoms with Crippen molar-refractivity contribution in [1.29, 1.82) is 0 Å². The lowest BCUT2D eigenvalue weighted by atomic mass is 10.1. The Morgan fingerprint density at radius 3 is 2.37 bits per heavy atom. The smallest absolute Gasteiger partial charge is 0.255 e. The van der Waals surface area contributed by atoms with E-state index in [4.69, 9.17) is 14.2 Å². The maximum Gasteiger partial charge on any atom is 0.255 e. The van der Waals surface area contributed by atoms with Gasteiger partial charge in [0, 0.05) is 24.2 Å². The van der Waals surface area contributed by atoms with Crippen molar-refractivity contribution >= 4 is 11.6 Å². The van der Waals surface area contributed by atoms with Crippen LogP contribution in [0.4, 0.5) is 10.1 Å². The molecule has 0 spiro atoms. The first-order valence-corrected chi connectivity index (χ1v) is 12.1. The van der Waals surface area contributed by atoms with E-state index >= 15 is 0 Å². The average Bonchev–Trinajstić information content (AvgIpc) is 3.09. The molecule has 1 aromatic heterocycles. The van der Waals surface area contributed by atoms with Crippen LogP contribution in [0.5, 0.6) is 17.2 Å². The topological polar surface area (TPSA) is 87.5 Å². The highest BCUT2D eigenvalue weighted by atomic mass is 19.1. The third-order valence-corrected chi connectivity index (χ3v) is 5.75. The fourth-order valence-electron chi connectivity index (χ4n) is 4.18. The van der Waals surface area contributed by atoms with E-state index in [0.717, 1.165) is 38.1 Å². The Balaban J connectivity index is 1.64. The SMILES string of the molecule is CCOc1cc(C(=O)Nc2ccc(F)c(-c3nnc4n3CCCCC4)c2)cc(OCC)c1OCC. The molecule has 0 saturated heterocycles. The van der Waals surface area contributed by atoms with Gasteiger partial charge in [-0.3, -0.25) is 4.79 Å². The predicted molar refractivity (Wildman–Crippen MR) is 131 cm³/mol. The predicted octanol–water partition coefficient (Wildman–Crippen LogP) is 5.26. The van der Waals surface area contributed by atoms with Crippen molar-refractivity contribution in [3.05, 3.63) is 47.5 Å². The van der Waals surface area contributed by atoms with Crippen LogP contribution in [0.15, 0.2) is 30.3 Å². The van der Waals surface area contributed by atoms with Gasteiger partial charge in [-0.05, 0) is 63.9 Å². The number of carbonyl (C=O) groups is 1. The highest BCUT2D eigenvalue weighted by molar-refractivity contribution is 6.05. The maximum atomic E-state index is 14.8.